The highest BCUT2D eigenvalue weighted by atomic mass is 35.5. The molecule has 0 saturated carbocycles. The maximum Gasteiger partial charge on any atom is 0.133 e. The summed E-state index contributed by atoms with van der Waals surface area (Å²) in [6.07, 6.45) is 0.534. The van der Waals surface area contributed by atoms with E-state index >= 15 is 0 Å². The third-order valence-corrected chi connectivity index (χ3v) is 2.51. The zero-order valence-electron chi connectivity index (χ0n) is 10.0. The summed E-state index contributed by atoms with van der Waals surface area (Å²) in [6, 6.07) is 3.23. The summed E-state index contributed by atoms with van der Waals surface area (Å²) in [4.78, 5) is 4.05. The van der Waals surface area contributed by atoms with E-state index in [1.165, 1.54) is 0 Å². The lowest BCUT2D eigenvalue weighted by molar-refractivity contribution is 0.0357. The molecule has 0 aliphatic heterocycles. The van der Waals surface area contributed by atoms with E-state index in [0.29, 0.717) is 36.2 Å². The van der Waals surface area contributed by atoms with Gasteiger partial charge in [-0.1, -0.05) is 11.6 Å². The zero-order chi connectivity index (χ0) is 12.9. The molecular weight excluding hydrogens is 242 g/mol. The Hall–Kier alpha value is -1.04. The molecule has 5 nitrogen and oxygen atoms in total. The number of halogens is 1. The molecule has 1 heterocycles. The lowest BCUT2D eigenvalue weighted by atomic mass is 10.0. The smallest absolute Gasteiger partial charge is 0.133 e. The fourth-order valence-corrected chi connectivity index (χ4v) is 1.52. The van der Waals surface area contributed by atoms with Gasteiger partial charge in [-0.25, -0.2) is 4.98 Å². The molecule has 1 rings (SSSR count). The molecular formula is C11H18ClN3O2. The number of ether oxygens (including phenoxy) is 1. The number of anilines is 2. The Labute approximate surface area is 106 Å². The molecule has 6 heteroatoms. The highest BCUT2D eigenvalue weighted by Gasteiger charge is 2.19. The fraction of sp³-hybridized carbons (Fsp3) is 0.545. The largest absolute Gasteiger partial charge is 0.399 e. The SMILES string of the molecule is COCCC(C)(O)CNc1cc(N)cc(Cl)n1. The van der Waals surface area contributed by atoms with Crippen molar-refractivity contribution in [1.29, 1.82) is 0 Å². The summed E-state index contributed by atoms with van der Waals surface area (Å²) in [5.41, 5.74) is 5.30. The quantitative estimate of drug-likeness (QED) is 0.675. The molecule has 0 radical (unpaired) electrons. The van der Waals surface area contributed by atoms with Gasteiger partial charge in [0, 0.05) is 38.4 Å². The van der Waals surface area contributed by atoms with E-state index in [-0.39, 0.29) is 0 Å². The molecule has 17 heavy (non-hydrogen) atoms. The van der Waals surface area contributed by atoms with Crippen molar-refractivity contribution in [2.24, 2.45) is 0 Å². The monoisotopic (exact) mass is 259 g/mol. The molecule has 1 aromatic rings. The Balaban J connectivity index is 2.54. The molecule has 0 spiro atoms. The van der Waals surface area contributed by atoms with Crippen LogP contribution in [0.3, 0.4) is 0 Å². The van der Waals surface area contributed by atoms with Crippen molar-refractivity contribution in [2.45, 2.75) is 18.9 Å². The maximum atomic E-state index is 10.0. The number of methoxy groups -OCH3 is 1. The summed E-state index contributed by atoms with van der Waals surface area (Å²) in [6.45, 7) is 2.58. The number of hydrogen-bond donors (Lipinski definition) is 3. The second-order valence-electron chi connectivity index (χ2n) is 4.20. The lowest BCUT2D eigenvalue weighted by Crippen LogP contribution is -2.34. The van der Waals surface area contributed by atoms with Crippen molar-refractivity contribution in [1.82, 2.24) is 4.98 Å². The molecule has 1 unspecified atom stereocenters. The van der Waals surface area contributed by atoms with Crippen LogP contribution in [0.4, 0.5) is 11.5 Å². The molecule has 0 bridgehead atoms. The van der Waals surface area contributed by atoms with Crippen LogP contribution >= 0.6 is 11.6 Å². The first-order valence-electron chi connectivity index (χ1n) is 5.31. The number of pyridine rings is 1. The molecule has 1 atom stereocenters. The maximum absolute atomic E-state index is 10.0. The van der Waals surface area contributed by atoms with E-state index in [1.54, 1.807) is 26.2 Å². The first-order valence-corrected chi connectivity index (χ1v) is 5.69. The summed E-state index contributed by atoms with van der Waals surface area (Å²) >= 11 is 5.77. The van der Waals surface area contributed by atoms with Gasteiger partial charge < -0.3 is 20.9 Å². The normalized spacial score (nSPS) is 14.4. The molecule has 4 N–H and O–H groups in total. The van der Waals surface area contributed by atoms with E-state index in [2.05, 4.69) is 10.3 Å². The van der Waals surface area contributed by atoms with E-state index < -0.39 is 5.60 Å². The Morgan fingerprint density at radius 1 is 1.59 bits per heavy atom. The summed E-state index contributed by atoms with van der Waals surface area (Å²) < 4.78 is 4.92. The van der Waals surface area contributed by atoms with E-state index in [9.17, 15) is 5.11 Å². The highest BCUT2D eigenvalue weighted by Crippen LogP contribution is 2.17. The van der Waals surface area contributed by atoms with Gasteiger partial charge in [0.25, 0.3) is 0 Å². The molecule has 96 valence electrons. The van der Waals surface area contributed by atoms with Gasteiger partial charge in [-0.3, -0.25) is 0 Å². The van der Waals surface area contributed by atoms with Crippen molar-refractivity contribution in [3.63, 3.8) is 0 Å². The number of nitrogen functional groups attached to an aromatic ring is 1. The number of nitrogens with two attached hydrogens (primary N) is 1. The molecule has 0 aliphatic rings. The van der Waals surface area contributed by atoms with Crippen molar-refractivity contribution in [3.8, 4) is 0 Å². The van der Waals surface area contributed by atoms with Gasteiger partial charge in [-0.15, -0.1) is 0 Å². The Kier molecular flexibility index (Phi) is 4.99. The van der Waals surface area contributed by atoms with Gasteiger partial charge in [0.2, 0.25) is 0 Å². The number of nitrogens with one attached hydrogen (secondary N) is 1. The lowest BCUT2D eigenvalue weighted by Gasteiger charge is -2.23. The number of rotatable bonds is 6. The number of aliphatic hydroxyl groups is 1. The van der Waals surface area contributed by atoms with Crippen LogP contribution in [-0.2, 0) is 4.74 Å². The van der Waals surface area contributed by atoms with Crippen LogP contribution in [0.1, 0.15) is 13.3 Å². The Bertz CT molecular complexity index is 351. The molecule has 0 aliphatic carbocycles. The molecule has 0 aromatic carbocycles. The Morgan fingerprint density at radius 2 is 2.29 bits per heavy atom. The molecule has 0 amide bonds. The van der Waals surface area contributed by atoms with Crippen LogP contribution < -0.4 is 11.1 Å². The van der Waals surface area contributed by atoms with Gasteiger partial charge in [0.1, 0.15) is 11.0 Å². The minimum Gasteiger partial charge on any atom is -0.399 e. The first kappa shape index (κ1) is 14.0. The van der Waals surface area contributed by atoms with Crippen molar-refractivity contribution in [3.05, 3.63) is 17.3 Å². The van der Waals surface area contributed by atoms with Crippen molar-refractivity contribution >= 4 is 23.1 Å². The summed E-state index contributed by atoms with van der Waals surface area (Å²) in [7, 11) is 1.60. The van der Waals surface area contributed by atoms with Crippen LogP contribution in [-0.4, -0.2) is 36.0 Å². The van der Waals surface area contributed by atoms with Gasteiger partial charge >= 0.3 is 0 Å². The highest BCUT2D eigenvalue weighted by molar-refractivity contribution is 6.29. The van der Waals surface area contributed by atoms with Crippen LogP contribution in [0, 0.1) is 0 Å². The summed E-state index contributed by atoms with van der Waals surface area (Å²) in [5.74, 6) is 0.549. The third-order valence-electron chi connectivity index (χ3n) is 2.31. The van der Waals surface area contributed by atoms with Gasteiger partial charge in [0.05, 0.1) is 5.60 Å². The average molecular weight is 260 g/mol. The zero-order valence-corrected chi connectivity index (χ0v) is 10.8. The number of nitrogens with zero attached hydrogens (tertiary/aromatic N) is 1. The van der Waals surface area contributed by atoms with Gasteiger partial charge in [-0.2, -0.15) is 0 Å². The predicted molar refractivity (Wildman–Crippen MR) is 69.3 cm³/mol. The van der Waals surface area contributed by atoms with Crippen LogP contribution in [0.2, 0.25) is 5.15 Å². The first-order chi connectivity index (χ1) is 7.93. The molecule has 0 fully saturated rings. The predicted octanol–water partition coefficient (Wildman–Crippen LogP) is 1.52. The van der Waals surface area contributed by atoms with E-state index in [1.807, 2.05) is 0 Å². The second-order valence-corrected chi connectivity index (χ2v) is 4.59. The van der Waals surface area contributed by atoms with Crippen LogP contribution in [0.15, 0.2) is 12.1 Å². The minimum absolute atomic E-state index is 0.323. The van der Waals surface area contributed by atoms with Crippen molar-refractivity contribution in [2.75, 3.05) is 31.3 Å². The van der Waals surface area contributed by atoms with Gasteiger partial charge in [0.15, 0.2) is 0 Å². The van der Waals surface area contributed by atoms with Gasteiger partial charge in [-0.05, 0) is 13.0 Å². The molecule has 1 aromatic heterocycles. The molecule has 0 saturated heterocycles. The summed E-state index contributed by atoms with van der Waals surface area (Å²) in [5, 5.41) is 13.3. The Morgan fingerprint density at radius 3 is 2.88 bits per heavy atom. The number of aromatic nitrogens is 1. The minimum atomic E-state index is -0.866. The second kappa shape index (κ2) is 6.05. The third kappa shape index (κ3) is 5.21. The van der Waals surface area contributed by atoms with Crippen molar-refractivity contribution < 1.29 is 9.84 Å². The standard InChI is InChI=1S/C11H18ClN3O2/c1-11(16,3-4-17-2)7-14-10-6-8(13)5-9(12)15-10/h5-6,16H,3-4,7H2,1-2H3,(H3,13,14,15). The number of hydrogen-bond acceptors (Lipinski definition) is 5. The van der Waals surface area contributed by atoms with E-state index in [0.717, 1.165) is 0 Å². The van der Waals surface area contributed by atoms with Crippen LogP contribution in [0.5, 0.6) is 0 Å². The fourth-order valence-electron chi connectivity index (χ4n) is 1.30. The van der Waals surface area contributed by atoms with Crippen LogP contribution in [0.25, 0.3) is 0 Å². The average Bonchev–Trinajstić information content (AvgIpc) is 2.23. The topological polar surface area (TPSA) is 80.4 Å². The van der Waals surface area contributed by atoms with E-state index in [4.69, 9.17) is 22.1 Å².